The van der Waals surface area contributed by atoms with Crippen LogP contribution in [0.4, 0.5) is 0 Å². The van der Waals surface area contributed by atoms with Gasteiger partial charge in [-0.15, -0.1) is 0 Å². The Hall–Kier alpha value is -1.84. The van der Waals surface area contributed by atoms with Crippen molar-refractivity contribution in [1.29, 1.82) is 0 Å². The van der Waals surface area contributed by atoms with Gasteiger partial charge in [0.2, 0.25) is 0 Å². The molecule has 0 aliphatic heterocycles. The van der Waals surface area contributed by atoms with E-state index in [1.807, 2.05) is 0 Å². The van der Waals surface area contributed by atoms with Crippen LogP contribution in [0.1, 0.15) is 22.8 Å². The average Bonchev–Trinajstić information content (AvgIpc) is 2.21. The molecule has 1 aromatic carbocycles. The largest absolute Gasteiger partial charge is 0.508 e. The number of hydrogen-bond acceptors (Lipinski definition) is 4. The Kier molecular flexibility index (Phi) is 3.44. The number of esters is 1. The maximum absolute atomic E-state index is 11.4. The van der Waals surface area contributed by atoms with Crippen LogP contribution in [0, 0.1) is 6.92 Å². The highest BCUT2D eigenvalue weighted by Gasteiger charge is 2.17. The lowest BCUT2D eigenvalue weighted by atomic mass is 10.1. The molecular weight excluding hydrogens is 196 g/mol. The van der Waals surface area contributed by atoms with Crippen molar-refractivity contribution < 1.29 is 19.4 Å². The molecule has 0 spiro atoms. The summed E-state index contributed by atoms with van der Waals surface area (Å²) in [7, 11) is 0. The number of aryl methyl sites for hydroxylation is 1. The van der Waals surface area contributed by atoms with E-state index in [-0.39, 0.29) is 17.9 Å². The Morgan fingerprint density at radius 1 is 1.40 bits per heavy atom. The van der Waals surface area contributed by atoms with Crippen molar-refractivity contribution in [2.24, 2.45) is 0 Å². The maximum atomic E-state index is 11.4. The van der Waals surface area contributed by atoms with Crippen molar-refractivity contribution in [2.75, 3.05) is 6.61 Å². The number of aromatic hydroxyl groups is 1. The van der Waals surface area contributed by atoms with Crippen LogP contribution in [0.2, 0.25) is 0 Å². The van der Waals surface area contributed by atoms with Gasteiger partial charge < -0.3 is 9.84 Å². The summed E-state index contributed by atoms with van der Waals surface area (Å²) in [4.78, 5) is 22.5. The fraction of sp³-hybridized carbons (Fsp3) is 0.273. The van der Waals surface area contributed by atoms with E-state index in [4.69, 9.17) is 0 Å². The standard InChI is InChI=1S/C11H12O4/c1-3-15-11(14)10(13)8-5-4-7(2)9(12)6-8/h4-6,12H,3H2,1-2H3. The highest BCUT2D eigenvalue weighted by atomic mass is 16.5. The molecule has 1 aromatic rings. The first-order valence-corrected chi connectivity index (χ1v) is 4.57. The number of ether oxygens (including phenoxy) is 1. The Morgan fingerprint density at radius 3 is 2.60 bits per heavy atom. The van der Waals surface area contributed by atoms with Gasteiger partial charge in [-0.1, -0.05) is 12.1 Å². The van der Waals surface area contributed by atoms with Crippen molar-refractivity contribution in [3.05, 3.63) is 29.3 Å². The van der Waals surface area contributed by atoms with Gasteiger partial charge in [-0.2, -0.15) is 0 Å². The lowest BCUT2D eigenvalue weighted by molar-refractivity contribution is -0.137. The van der Waals surface area contributed by atoms with Gasteiger partial charge >= 0.3 is 5.97 Å². The SMILES string of the molecule is CCOC(=O)C(=O)c1ccc(C)c(O)c1. The van der Waals surface area contributed by atoms with Crippen LogP contribution in [0.25, 0.3) is 0 Å². The average molecular weight is 208 g/mol. The molecule has 4 heteroatoms. The summed E-state index contributed by atoms with van der Waals surface area (Å²) in [5.41, 5.74) is 0.784. The van der Waals surface area contributed by atoms with Crippen LogP contribution in [-0.4, -0.2) is 23.5 Å². The Bertz CT molecular complexity index is 396. The molecule has 1 rings (SSSR count). The van der Waals surface area contributed by atoms with Crippen LogP contribution in [0.5, 0.6) is 5.75 Å². The summed E-state index contributed by atoms with van der Waals surface area (Å²) in [5, 5.41) is 9.36. The summed E-state index contributed by atoms with van der Waals surface area (Å²) in [6.07, 6.45) is 0. The molecule has 0 saturated heterocycles. The third kappa shape index (κ3) is 2.56. The maximum Gasteiger partial charge on any atom is 0.379 e. The highest BCUT2D eigenvalue weighted by Crippen LogP contribution is 2.17. The number of hydrogen-bond donors (Lipinski definition) is 1. The molecular formula is C11H12O4. The molecule has 15 heavy (non-hydrogen) atoms. The van der Waals surface area contributed by atoms with Gasteiger partial charge in [-0.3, -0.25) is 4.79 Å². The second kappa shape index (κ2) is 4.59. The zero-order valence-electron chi connectivity index (χ0n) is 8.61. The molecule has 0 amide bonds. The summed E-state index contributed by atoms with van der Waals surface area (Å²) in [5.74, 6) is -1.65. The van der Waals surface area contributed by atoms with Gasteiger partial charge in [-0.25, -0.2) is 4.79 Å². The third-order valence-electron chi connectivity index (χ3n) is 1.93. The normalized spacial score (nSPS) is 9.73. The van der Waals surface area contributed by atoms with E-state index < -0.39 is 11.8 Å². The fourth-order valence-corrected chi connectivity index (χ4v) is 1.07. The zero-order chi connectivity index (χ0) is 11.4. The molecule has 0 aliphatic carbocycles. The molecule has 0 saturated carbocycles. The van der Waals surface area contributed by atoms with Gasteiger partial charge in [-0.05, 0) is 25.5 Å². The van der Waals surface area contributed by atoms with E-state index in [0.717, 1.165) is 0 Å². The minimum Gasteiger partial charge on any atom is -0.508 e. The number of carbonyl (C=O) groups is 2. The van der Waals surface area contributed by atoms with E-state index in [1.54, 1.807) is 19.9 Å². The lowest BCUT2D eigenvalue weighted by Gasteiger charge is -2.03. The van der Waals surface area contributed by atoms with Crippen LogP contribution in [-0.2, 0) is 9.53 Å². The first-order valence-electron chi connectivity index (χ1n) is 4.57. The van der Waals surface area contributed by atoms with E-state index in [9.17, 15) is 14.7 Å². The van der Waals surface area contributed by atoms with E-state index >= 15 is 0 Å². The predicted octanol–water partition coefficient (Wildman–Crippen LogP) is 1.45. The molecule has 0 aromatic heterocycles. The van der Waals surface area contributed by atoms with Gasteiger partial charge in [0.05, 0.1) is 6.61 Å². The molecule has 1 N–H and O–H groups in total. The van der Waals surface area contributed by atoms with E-state index in [0.29, 0.717) is 5.56 Å². The fourth-order valence-electron chi connectivity index (χ4n) is 1.07. The van der Waals surface area contributed by atoms with Gasteiger partial charge in [0.1, 0.15) is 5.75 Å². The number of carbonyl (C=O) groups excluding carboxylic acids is 2. The molecule has 80 valence electrons. The molecule has 0 fully saturated rings. The van der Waals surface area contributed by atoms with Crippen LogP contribution in [0.15, 0.2) is 18.2 Å². The highest BCUT2D eigenvalue weighted by molar-refractivity contribution is 6.40. The first-order chi connectivity index (χ1) is 7.06. The summed E-state index contributed by atoms with van der Waals surface area (Å²) in [6, 6.07) is 4.31. The number of ketones is 1. The number of phenols is 1. The topological polar surface area (TPSA) is 63.6 Å². The van der Waals surface area contributed by atoms with Gasteiger partial charge in [0.25, 0.3) is 5.78 Å². The number of benzene rings is 1. The second-order valence-electron chi connectivity index (χ2n) is 3.05. The molecule has 0 aliphatic rings. The van der Waals surface area contributed by atoms with Crippen LogP contribution < -0.4 is 0 Å². The van der Waals surface area contributed by atoms with Gasteiger partial charge in [0, 0.05) is 5.56 Å². The second-order valence-corrected chi connectivity index (χ2v) is 3.05. The lowest BCUT2D eigenvalue weighted by Crippen LogP contribution is -2.17. The molecule has 4 nitrogen and oxygen atoms in total. The predicted molar refractivity (Wildman–Crippen MR) is 53.8 cm³/mol. The summed E-state index contributed by atoms with van der Waals surface area (Å²) < 4.78 is 4.56. The Morgan fingerprint density at radius 2 is 2.07 bits per heavy atom. The van der Waals surface area contributed by atoms with Crippen molar-refractivity contribution in [2.45, 2.75) is 13.8 Å². The van der Waals surface area contributed by atoms with Gasteiger partial charge in [0.15, 0.2) is 0 Å². The smallest absolute Gasteiger partial charge is 0.379 e. The molecule has 0 radical (unpaired) electrons. The molecule has 0 atom stereocenters. The molecule has 0 unspecified atom stereocenters. The minimum atomic E-state index is -0.902. The van der Waals surface area contributed by atoms with Crippen molar-refractivity contribution in [1.82, 2.24) is 0 Å². The number of phenolic OH excluding ortho intramolecular Hbond substituents is 1. The molecule has 0 bridgehead atoms. The van der Waals surface area contributed by atoms with E-state index in [2.05, 4.69) is 4.74 Å². The number of Topliss-reactive ketones (excluding diaryl/α,β-unsaturated/α-hetero) is 1. The van der Waals surface area contributed by atoms with Crippen molar-refractivity contribution >= 4 is 11.8 Å². The summed E-state index contributed by atoms with van der Waals surface area (Å²) >= 11 is 0. The number of rotatable bonds is 3. The third-order valence-corrected chi connectivity index (χ3v) is 1.93. The monoisotopic (exact) mass is 208 g/mol. The van der Waals surface area contributed by atoms with Crippen LogP contribution in [0.3, 0.4) is 0 Å². The minimum absolute atomic E-state index is 0.00912. The molecule has 0 heterocycles. The van der Waals surface area contributed by atoms with Crippen LogP contribution >= 0.6 is 0 Å². The quantitative estimate of drug-likeness (QED) is 0.464. The zero-order valence-corrected chi connectivity index (χ0v) is 8.61. The first kappa shape index (κ1) is 11.2. The Balaban J connectivity index is 2.92. The summed E-state index contributed by atoms with van der Waals surface area (Å²) in [6.45, 7) is 3.48. The van der Waals surface area contributed by atoms with E-state index in [1.165, 1.54) is 12.1 Å². The van der Waals surface area contributed by atoms with Crippen molar-refractivity contribution in [3.8, 4) is 5.75 Å². The Labute approximate surface area is 87.5 Å². The van der Waals surface area contributed by atoms with Crippen molar-refractivity contribution in [3.63, 3.8) is 0 Å².